The molecular weight excluding hydrogens is 512 g/mol. The van der Waals surface area contributed by atoms with Gasteiger partial charge in [0.05, 0.1) is 42.4 Å². The van der Waals surface area contributed by atoms with Crippen molar-refractivity contribution in [3.8, 4) is 0 Å². The number of hydrogen-bond donors (Lipinski definition) is 6. The number of anilines is 1. The van der Waals surface area contributed by atoms with Gasteiger partial charge in [-0.3, -0.25) is 9.69 Å². The summed E-state index contributed by atoms with van der Waals surface area (Å²) in [6.45, 7) is 0.0451. The van der Waals surface area contributed by atoms with Gasteiger partial charge in [-0.1, -0.05) is 30.7 Å². The van der Waals surface area contributed by atoms with Crippen LogP contribution in [-0.2, 0) is 14.8 Å². The molecule has 0 spiro atoms. The van der Waals surface area contributed by atoms with E-state index in [1.165, 1.54) is 0 Å². The van der Waals surface area contributed by atoms with Crippen molar-refractivity contribution in [2.75, 3.05) is 51.8 Å². The first-order valence-electron chi connectivity index (χ1n) is 12.9. The Bertz CT molecular complexity index is 1160. The van der Waals surface area contributed by atoms with Gasteiger partial charge < -0.3 is 30.6 Å². The van der Waals surface area contributed by atoms with E-state index >= 15 is 0 Å². The molecule has 38 heavy (non-hydrogen) atoms. The number of hydrogen-bond acceptors (Lipinski definition) is 9. The summed E-state index contributed by atoms with van der Waals surface area (Å²) in [5, 5.41) is 43.3. The summed E-state index contributed by atoms with van der Waals surface area (Å²) in [5.41, 5.74) is 0.920. The second-order valence-electron chi connectivity index (χ2n) is 9.80. The van der Waals surface area contributed by atoms with Gasteiger partial charge in [-0.2, -0.15) is 0 Å². The molecule has 212 valence electrons. The van der Waals surface area contributed by atoms with Gasteiger partial charge in [0.25, 0.3) is 0 Å². The molecule has 0 unspecified atom stereocenters. The Balaban J connectivity index is 1.40. The number of amides is 1. The highest BCUT2D eigenvalue weighted by atomic mass is 32.2. The Morgan fingerprint density at radius 2 is 1.55 bits per heavy atom. The van der Waals surface area contributed by atoms with E-state index in [1.807, 2.05) is 37.2 Å². The van der Waals surface area contributed by atoms with E-state index < -0.39 is 34.3 Å². The van der Waals surface area contributed by atoms with E-state index in [2.05, 4.69) is 10.0 Å². The maximum absolute atomic E-state index is 13.0. The quantitative estimate of drug-likeness (QED) is 0.172. The van der Waals surface area contributed by atoms with Gasteiger partial charge in [-0.25, -0.2) is 13.1 Å². The number of fused-ring (bicyclic) bond motifs is 1. The van der Waals surface area contributed by atoms with Crippen molar-refractivity contribution < 1.29 is 33.6 Å². The standard InChI is InChI=1S/C26H40N4O7S/c1-29(2)20-10-6-9-19-18(20)8-7-11-23(19)38(36,37)28-14-13-27-24(33)12-4-3-5-15-30-21(16-31)25(34)26(35)22(30)17-32/h6-11,21-22,25-26,28,31-32,34-35H,3-5,12-17H2,1-2H3,(H,27,33)/t21-,22-,25-,26-/m0/s1. The zero-order chi connectivity index (χ0) is 27.9. The lowest BCUT2D eigenvalue weighted by molar-refractivity contribution is -0.121. The number of carbonyl (C=O) groups is 1. The van der Waals surface area contributed by atoms with Crippen LogP contribution in [0.4, 0.5) is 5.69 Å². The number of nitrogens with zero attached hydrogens (tertiary/aromatic N) is 2. The minimum Gasteiger partial charge on any atom is -0.395 e. The number of aliphatic hydroxyl groups excluding tert-OH is 4. The molecule has 2 aromatic carbocycles. The first-order valence-corrected chi connectivity index (χ1v) is 14.4. The summed E-state index contributed by atoms with van der Waals surface area (Å²) >= 11 is 0. The third kappa shape index (κ3) is 7.00. The molecule has 1 saturated heterocycles. The monoisotopic (exact) mass is 552 g/mol. The maximum atomic E-state index is 13.0. The van der Waals surface area contributed by atoms with Crippen LogP contribution in [0.15, 0.2) is 41.3 Å². The van der Waals surface area contributed by atoms with Crippen molar-refractivity contribution in [2.24, 2.45) is 0 Å². The first kappa shape index (κ1) is 30.2. The number of nitrogens with one attached hydrogen (secondary N) is 2. The van der Waals surface area contributed by atoms with E-state index in [0.717, 1.165) is 11.1 Å². The van der Waals surface area contributed by atoms with Crippen molar-refractivity contribution in [1.29, 1.82) is 0 Å². The van der Waals surface area contributed by atoms with Crippen LogP contribution in [-0.4, -0.2) is 111 Å². The highest BCUT2D eigenvalue weighted by Gasteiger charge is 2.46. The average Bonchev–Trinajstić information content (AvgIpc) is 3.13. The summed E-state index contributed by atoms with van der Waals surface area (Å²) in [4.78, 5) is 16.0. The molecule has 4 atom stereocenters. The van der Waals surface area contributed by atoms with Gasteiger partial charge in [0.1, 0.15) is 0 Å². The Kier molecular flexibility index (Phi) is 10.9. The number of unbranched alkanes of at least 4 members (excludes halogenated alkanes) is 2. The summed E-state index contributed by atoms with van der Waals surface area (Å²) in [6, 6.07) is 9.45. The smallest absolute Gasteiger partial charge is 0.241 e. The number of aliphatic hydroxyl groups is 4. The number of likely N-dealkylation sites (tertiary alicyclic amines) is 1. The summed E-state index contributed by atoms with van der Waals surface area (Å²) < 4.78 is 28.5. The van der Waals surface area contributed by atoms with Crippen LogP contribution in [0.5, 0.6) is 0 Å². The third-order valence-corrected chi connectivity index (χ3v) is 8.57. The second kappa shape index (κ2) is 13.7. The SMILES string of the molecule is CN(C)c1cccc2c(S(=O)(=O)NCCNC(=O)CCCCCN3[C@@H](CO)[C@H](O)[C@@H](O)[C@@H]3CO)cccc12. The Morgan fingerprint density at radius 3 is 2.18 bits per heavy atom. The van der Waals surface area contributed by atoms with Gasteiger partial charge in [0.15, 0.2) is 0 Å². The van der Waals surface area contributed by atoms with Crippen LogP contribution in [0.2, 0.25) is 0 Å². The van der Waals surface area contributed by atoms with Crippen LogP contribution in [0.3, 0.4) is 0 Å². The van der Waals surface area contributed by atoms with Crippen molar-refractivity contribution in [3.05, 3.63) is 36.4 Å². The van der Waals surface area contributed by atoms with Crippen molar-refractivity contribution >= 4 is 32.4 Å². The molecule has 0 aliphatic carbocycles. The summed E-state index contributed by atoms with van der Waals surface area (Å²) in [7, 11) is 0.0290. The lowest BCUT2D eigenvalue weighted by Gasteiger charge is -2.28. The van der Waals surface area contributed by atoms with E-state index in [4.69, 9.17) is 0 Å². The molecule has 1 amide bonds. The largest absolute Gasteiger partial charge is 0.395 e. The Labute approximate surface area is 224 Å². The average molecular weight is 553 g/mol. The molecule has 0 radical (unpaired) electrons. The van der Waals surface area contributed by atoms with Gasteiger partial charge in [-0.05, 0) is 31.5 Å². The highest BCUT2D eigenvalue weighted by Crippen LogP contribution is 2.30. The number of benzene rings is 2. The number of rotatable bonds is 14. The van der Waals surface area contributed by atoms with Crippen LogP contribution < -0.4 is 14.9 Å². The third-order valence-electron chi connectivity index (χ3n) is 7.05. The lowest BCUT2D eigenvalue weighted by Crippen LogP contribution is -2.43. The molecule has 0 aromatic heterocycles. The van der Waals surface area contributed by atoms with Crippen LogP contribution in [0.25, 0.3) is 10.8 Å². The summed E-state index contributed by atoms with van der Waals surface area (Å²) in [5.74, 6) is -0.182. The second-order valence-corrected chi connectivity index (χ2v) is 11.5. The molecule has 0 saturated carbocycles. The molecule has 11 nitrogen and oxygen atoms in total. The molecule has 6 N–H and O–H groups in total. The molecule has 2 aromatic rings. The van der Waals surface area contributed by atoms with Gasteiger partial charge in [-0.15, -0.1) is 0 Å². The van der Waals surface area contributed by atoms with E-state index in [9.17, 15) is 33.6 Å². The Hall–Kier alpha value is -2.32. The fourth-order valence-electron chi connectivity index (χ4n) is 5.05. The zero-order valence-corrected chi connectivity index (χ0v) is 22.8. The fourth-order valence-corrected chi connectivity index (χ4v) is 6.30. The molecule has 0 bridgehead atoms. The number of carbonyl (C=O) groups excluding carboxylic acids is 1. The maximum Gasteiger partial charge on any atom is 0.241 e. The normalized spacial score (nSPS) is 22.2. The zero-order valence-electron chi connectivity index (χ0n) is 22.0. The van der Waals surface area contributed by atoms with Crippen molar-refractivity contribution in [1.82, 2.24) is 14.9 Å². The Morgan fingerprint density at radius 1 is 0.921 bits per heavy atom. The predicted octanol–water partition coefficient (Wildman–Crippen LogP) is -0.380. The molecule has 1 aliphatic heterocycles. The van der Waals surface area contributed by atoms with Crippen LogP contribution in [0, 0.1) is 0 Å². The summed E-state index contributed by atoms with van der Waals surface area (Å²) in [6.07, 6.45) is 0.0262. The van der Waals surface area contributed by atoms with E-state index in [-0.39, 0.29) is 43.5 Å². The minimum atomic E-state index is -3.78. The minimum absolute atomic E-state index is 0.0581. The molecule has 1 aliphatic rings. The van der Waals surface area contributed by atoms with Gasteiger partial charge >= 0.3 is 0 Å². The van der Waals surface area contributed by atoms with Crippen molar-refractivity contribution in [2.45, 2.75) is 54.9 Å². The van der Waals surface area contributed by atoms with Gasteiger partial charge in [0.2, 0.25) is 15.9 Å². The first-order chi connectivity index (χ1) is 18.1. The van der Waals surface area contributed by atoms with E-state index in [1.54, 1.807) is 23.1 Å². The molecule has 3 rings (SSSR count). The highest BCUT2D eigenvalue weighted by molar-refractivity contribution is 7.89. The van der Waals surface area contributed by atoms with Crippen LogP contribution >= 0.6 is 0 Å². The molecular formula is C26H40N4O7S. The van der Waals surface area contributed by atoms with E-state index in [0.29, 0.717) is 31.2 Å². The lowest BCUT2D eigenvalue weighted by atomic mass is 10.1. The topological polar surface area (TPSA) is 163 Å². The van der Waals surface area contributed by atoms with Crippen molar-refractivity contribution in [3.63, 3.8) is 0 Å². The molecule has 12 heteroatoms. The molecule has 1 heterocycles. The number of sulfonamides is 1. The predicted molar refractivity (Wildman–Crippen MR) is 145 cm³/mol. The molecule has 1 fully saturated rings. The van der Waals surface area contributed by atoms with Gasteiger partial charge in [0, 0.05) is 50.1 Å². The fraction of sp³-hybridized carbons (Fsp3) is 0.577. The van der Waals surface area contributed by atoms with Crippen LogP contribution in [0.1, 0.15) is 25.7 Å².